The smallest absolute Gasteiger partial charge is 0.187 e. The second-order valence-electron chi connectivity index (χ2n) is 10.8. The summed E-state index contributed by atoms with van der Waals surface area (Å²) >= 11 is 0. The molecule has 0 radical (unpaired) electrons. The fourth-order valence-corrected chi connectivity index (χ4v) is 5.08. The second kappa shape index (κ2) is 11.4. The third-order valence-corrected chi connectivity index (χ3v) is 7.53. The number of aliphatic hydroxyl groups excluding tert-OH is 6. The normalized spacial score (nSPS) is 46.7. The summed E-state index contributed by atoms with van der Waals surface area (Å²) in [6, 6.07) is 0. The summed E-state index contributed by atoms with van der Waals surface area (Å²) in [5, 5.41) is 71.7. The van der Waals surface area contributed by atoms with Crippen molar-refractivity contribution in [2.24, 2.45) is 11.3 Å². The first-order valence-electron chi connectivity index (χ1n) is 12.2. The maximum absolute atomic E-state index is 12.0. The molecule has 12 heteroatoms. The van der Waals surface area contributed by atoms with Crippen LogP contribution in [0.2, 0.25) is 0 Å². The maximum atomic E-state index is 12.0. The van der Waals surface area contributed by atoms with Crippen LogP contribution in [0.1, 0.15) is 40.5 Å². The number of ether oxygens (including phenoxy) is 4. The van der Waals surface area contributed by atoms with Crippen LogP contribution in [0.4, 0.5) is 0 Å². The zero-order valence-corrected chi connectivity index (χ0v) is 21.0. The van der Waals surface area contributed by atoms with Gasteiger partial charge in [0.1, 0.15) is 48.5 Å². The average molecular weight is 521 g/mol. The Balaban J connectivity index is 1.62. The molecule has 1 aliphatic carbocycles. The van der Waals surface area contributed by atoms with Gasteiger partial charge in [-0.3, -0.25) is 4.79 Å². The number of hydrogen-bond acceptors (Lipinski definition) is 12. The Morgan fingerprint density at radius 1 is 1.03 bits per heavy atom. The minimum atomic E-state index is -1.63. The third kappa shape index (κ3) is 6.00. The Morgan fingerprint density at radius 3 is 2.31 bits per heavy atom. The fourth-order valence-electron chi connectivity index (χ4n) is 5.08. The molecule has 0 bridgehead atoms. The van der Waals surface area contributed by atoms with Crippen molar-refractivity contribution in [1.82, 2.24) is 0 Å². The molecule has 3 aliphatic rings. The highest BCUT2D eigenvalue weighted by Gasteiger charge is 2.51. The van der Waals surface area contributed by atoms with Gasteiger partial charge in [-0.25, -0.2) is 0 Å². The van der Waals surface area contributed by atoms with Crippen LogP contribution in [0.15, 0.2) is 12.2 Å². The van der Waals surface area contributed by atoms with Crippen LogP contribution in [0.25, 0.3) is 0 Å². The Hall–Kier alpha value is -1.03. The van der Waals surface area contributed by atoms with Crippen LogP contribution in [0.5, 0.6) is 0 Å². The van der Waals surface area contributed by atoms with Crippen LogP contribution in [0.3, 0.4) is 0 Å². The van der Waals surface area contributed by atoms with Gasteiger partial charge in [0.2, 0.25) is 0 Å². The molecule has 2 aliphatic heterocycles. The summed E-state index contributed by atoms with van der Waals surface area (Å²) in [6.07, 6.45) is -9.96. The van der Waals surface area contributed by atoms with E-state index in [9.17, 15) is 40.5 Å². The van der Waals surface area contributed by atoms with Crippen molar-refractivity contribution in [2.45, 2.75) is 108 Å². The summed E-state index contributed by atoms with van der Waals surface area (Å²) < 4.78 is 21.9. The van der Waals surface area contributed by atoms with Crippen molar-refractivity contribution < 1.29 is 59.5 Å². The van der Waals surface area contributed by atoms with Gasteiger partial charge in [-0.1, -0.05) is 32.9 Å². The van der Waals surface area contributed by atoms with E-state index in [1.54, 1.807) is 26.0 Å². The number of carbonyl (C=O) groups excluding carboxylic acids is 1. The van der Waals surface area contributed by atoms with Crippen molar-refractivity contribution >= 4 is 5.78 Å². The van der Waals surface area contributed by atoms with E-state index >= 15 is 0 Å². The van der Waals surface area contributed by atoms with Gasteiger partial charge in [0.05, 0.1) is 24.9 Å². The summed E-state index contributed by atoms with van der Waals surface area (Å²) in [7, 11) is 0. The van der Waals surface area contributed by atoms with E-state index in [-0.39, 0.29) is 37.8 Å². The molecule has 7 N–H and O–H groups in total. The van der Waals surface area contributed by atoms with Crippen molar-refractivity contribution in [1.29, 1.82) is 0 Å². The second-order valence-corrected chi connectivity index (χ2v) is 10.8. The van der Waals surface area contributed by atoms with E-state index in [0.717, 1.165) is 0 Å². The number of rotatable bonds is 7. The van der Waals surface area contributed by atoms with Crippen LogP contribution in [-0.2, 0) is 23.7 Å². The first-order valence-corrected chi connectivity index (χ1v) is 12.2. The molecule has 0 unspecified atom stereocenters. The Bertz CT molecular complexity index is 789. The molecule has 208 valence electrons. The molecule has 2 heterocycles. The lowest BCUT2D eigenvalue weighted by Gasteiger charge is -2.48. The first-order chi connectivity index (χ1) is 16.7. The molecular formula is C24H40O12. The molecule has 0 aromatic carbocycles. The highest BCUT2D eigenvalue weighted by atomic mass is 16.7. The zero-order chi connectivity index (χ0) is 27.0. The van der Waals surface area contributed by atoms with E-state index in [1.807, 2.05) is 13.8 Å². The molecule has 2 saturated heterocycles. The number of carbonyl (C=O) groups is 1. The lowest BCUT2D eigenvalue weighted by Crippen LogP contribution is -2.60. The SMILES string of the molecule is C[C@H](/C=C\[C@@]1(O)[C@H](C)CC(=O)CC1(C)C)O[C@@H]1O[C@H](CO[C@@H]2OC[C@@H](O)[C@H](O)[C@H]2O)[C@@H](O)[C@H](O)[C@H]1O. The van der Waals surface area contributed by atoms with Gasteiger partial charge in [-0.05, 0) is 12.8 Å². The molecule has 12 atom stereocenters. The van der Waals surface area contributed by atoms with Gasteiger partial charge in [-0.2, -0.15) is 0 Å². The van der Waals surface area contributed by atoms with Gasteiger partial charge in [0.25, 0.3) is 0 Å². The predicted molar refractivity (Wildman–Crippen MR) is 122 cm³/mol. The summed E-state index contributed by atoms with van der Waals surface area (Å²) in [4.78, 5) is 12.0. The lowest BCUT2D eigenvalue weighted by molar-refractivity contribution is -0.324. The maximum Gasteiger partial charge on any atom is 0.187 e. The largest absolute Gasteiger partial charge is 0.388 e. The molecule has 0 spiro atoms. The molecule has 0 amide bonds. The molecule has 36 heavy (non-hydrogen) atoms. The standard InChI is InChI=1S/C24H40O12/c1-11-7-13(25)8-23(3,4)24(11,32)6-5-12(2)35-22-20(31)18(29)17(28)15(36-22)10-34-21-19(30)16(27)14(26)9-33-21/h5-6,11-12,14-22,26-32H,7-10H2,1-4H3/b6-5-/t11-,12-,14-,15-,16+,17-,18+,19-,20-,21+,22-,24-/m1/s1. The molecule has 12 nitrogen and oxygen atoms in total. The van der Waals surface area contributed by atoms with Crippen molar-refractivity contribution in [3.05, 3.63) is 12.2 Å². The Morgan fingerprint density at radius 2 is 1.67 bits per heavy atom. The van der Waals surface area contributed by atoms with E-state index < -0.39 is 72.4 Å². The topological polar surface area (TPSA) is 196 Å². The molecule has 0 aromatic heterocycles. The molecule has 1 saturated carbocycles. The van der Waals surface area contributed by atoms with E-state index in [0.29, 0.717) is 0 Å². The monoisotopic (exact) mass is 520 g/mol. The van der Waals surface area contributed by atoms with Crippen molar-refractivity contribution in [3.8, 4) is 0 Å². The summed E-state index contributed by atoms with van der Waals surface area (Å²) in [5.74, 6) is -0.226. The van der Waals surface area contributed by atoms with Crippen LogP contribution in [0, 0.1) is 11.3 Å². The Kier molecular flexibility index (Phi) is 9.33. The van der Waals surface area contributed by atoms with Gasteiger partial charge in [-0.15, -0.1) is 0 Å². The van der Waals surface area contributed by atoms with Crippen LogP contribution < -0.4 is 0 Å². The average Bonchev–Trinajstić information content (AvgIpc) is 2.80. The van der Waals surface area contributed by atoms with E-state index in [1.165, 1.54) is 0 Å². The van der Waals surface area contributed by atoms with E-state index in [4.69, 9.17) is 18.9 Å². The van der Waals surface area contributed by atoms with Gasteiger partial charge in [0.15, 0.2) is 12.6 Å². The fraction of sp³-hybridized carbons (Fsp3) is 0.875. The number of ketones is 1. The van der Waals surface area contributed by atoms with Gasteiger partial charge >= 0.3 is 0 Å². The molecule has 3 rings (SSSR count). The lowest BCUT2D eigenvalue weighted by atomic mass is 9.60. The van der Waals surface area contributed by atoms with Crippen molar-refractivity contribution in [3.63, 3.8) is 0 Å². The van der Waals surface area contributed by atoms with Crippen LogP contribution in [-0.4, -0.2) is 122 Å². The van der Waals surface area contributed by atoms with Gasteiger partial charge < -0.3 is 54.7 Å². The highest BCUT2D eigenvalue weighted by Crippen LogP contribution is 2.46. The number of aliphatic hydroxyl groups is 7. The number of Topliss-reactive ketones (excluding diaryl/α,β-unsaturated/α-hetero) is 1. The number of hydrogen-bond donors (Lipinski definition) is 7. The third-order valence-electron chi connectivity index (χ3n) is 7.53. The molecule has 3 fully saturated rings. The van der Waals surface area contributed by atoms with Gasteiger partial charge in [0, 0.05) is 18.3 Å². The quantitative estimate of drug-likeness (QED) is 0.182. The zero-order valence-electron chi connectivity index (χ0n) is 21.0. The Labute approximate surface area is 210 Å². The minimum Gasteiger partial charge on any atom is -0.388 e. The van der Waals surface area contributed by atoms with E-state index in [2.05, 4.69) is 0 Å². The minimum absolute atomic E-state index is 0.0891. The molecule has 0 aromatic rings. The summed E-state index contributed by atoms with van der Waals surface area (Å²) in [6.45, 7) is 6.42. The predicted octanol–water partition coefficient (Wildman–Crippen LogP) is -2.03. The highest BCUT2D eigenvalue weighted by molar-refractivity contribution is 5.81. The molecular weight excluding hydrogens is 480 g/mol. The summed E-state index contributed by atoms with van der Waals surface area (Å²) in [5.41, 5.74) is -1.97. The van der Waals surface area contributed by atoms with Crippen LogP contribution >= 0.6 is 0 Å². The first kappa shape index (κ1) is 29.5. The van der Waals surface area contributed by atoms with Crippen molar-refractivity contribution in [2.75, 3.05) is 13.2 Å².